The molecule has 5 rings (SSSR count). The first-order valence-corrected chi connectivity index (χ1v) is 8.90. The molecule has 0 spiro atoms. The minimum Gasteiger partial charge on any atom is -0.465 e. The second kappa shape index (κ2) is 5.83. The van der Waals surface area contributed by atoms with Crippen LogP contribution in [0.5, 0.6) is 0 Å². The van der Waals surface area contributed by atoms with Crippen LogP contribution in [0.1, 0.15) is 18.0 Å². The van der Waals surface area contributed by atoms with Gasteiger partial charge >= 0.3 is 6.09 Å². The van der Waals surface area contributed by atoms with Crippen LogP contribution in [-0.4, -0.2) is 49.4 Å². The van der Waals surface area contributed by atoms with Crippen LogP contribution < -0.4 is 5.56 Å². The molecular formula is C18H15ClN4O4. The molecule has 3 atom stereocenters. The van der Waals surface area contributed by atoms with E-state index in [1.165, 1.54) is 11.2 Å². The Hall–Kier alpha value is -2.84. The Labute approximate surface area is 158 Å². The predicted molar refractivity (Wildman–Crippen MR) is 97.5 cm³/mol. The summed E-state index contributed by atoms with van der Waals surface area (Å²) >= 11 is 6.32. The minimum atomic E-state index is -0.928. The van der Waals surface area contributed by atoms with Gasteiger partial charge < -0.3 is 14.8 Å². The van der Waals surface area contributed by atoms with Crippen molar-refractivity contribution in [3.05, 3.63) is 57.7 Å². The first-order chi connectivity index (χ1) is 13.0. The zero-order valence-electron chi connectivity index (χ0n) is 14.0. The fourth-order valence-corrected chi connectivity index (χ4v) is 4.06. The largest absolute Gasteiger partial charge is 0.465 e. The lowest BCUT2D eigenvalue weighted by Crippen LogP contribution is -2.43. The van der Waals surface area contributed by atoms with Crippen molar-refractivity contribution in [2.45, 2.75) is 24.6 Å². The van der Waals surface area contributed by atoms with E-state index in [4.69, 9.17) is 16.3 Å². The summed E-state index contributed by atoms with van der Waals surface area (Å²) in [6.07, 6.45) is 1.20. The number of ether oxygens (including phenoxy) is 1. The Morgan fingerprint density at radius 1 is 1.33 bits per heavy atom. The molecule has 1 aliphatic heterocycles. The van der Waals surface area contributed by atoms with Crippen molar-refractivity contribution in [3.8, 4) is 5.69 Å². The molecule has 0 bridgehead atoms. The smallest absolute Gasteiger partial charge is 0.408 e. The van der Waals surface area contributed by atoms with Gasteiger partial charge in [-0.25, -0.2) is 9.78 Å². The van der Waals surface area contributed by atoms with Crippen molar-refractivity contribution in [1.29, 1.82) is 0 Å². The first kappa shape index (κ1) is 16.3. The molecule has 27 heavy (non-hydrogen) atoms. The molecule has 2 aliphatic rings. The standard InChI is InChI=1S/C18H15ClN4O4/c19-15-5-11-16(20-8-21-17(11)24)22(15)10-3-1-9(2-4-10)13-7-27-14-6-12(14)23(13)18(25)26/h1-5,8,12-14H,6-7H2,(H,25,26)(H,20,21,24). The maximum absolute atomic E-state index is 11.9. The number of fused-ring (bicyclic) bond motifs is 2. The number of hydrogen-bond acceptors (Lipinski definition) is 4. The zero-order chi connectivity index (χ0) is 18.7. The van der Waals surface area contributed by atoms with E-state index in [1.807, 2.05) is 24.3 Å². The van der Waals surface area contributed by atoms with Crippen LogP contribution in [0.2, 0.25) is 5.15 Å². The molecule has 9 heteroatoms. The van der Waals surface area contributed by atoms with Gasteiger partial charge in [-0.2, -0.15) is 0 Å². The van der Waals surface area contributed by atoms with Gasteiger partial charge in [0.15, 0.2) is 5.65 Å². The van der Waals surface area contributed by atoms with Crippen LogP contribution >= 0.6 is 11.6 Å². The van der Waals surface area contributed by atoms with Crippen LogP contribution in [0.3, 0.4) is 0 Å². The molecule has 1 aromatic carbocycles. The molecule has 2 N–H and O–H groups in total. The lowest BCUT2D eigenvalue weighted by Gasteiger charge is -2.33. The molecule has 3 unspecified atom stereocenters. The molecule has 3 aromatic rings. The maximum atomic E-state index is 11.9. The number of amides is 1. The van der Waals surface area contributed by atoms with Gasteiger partial charge in [0, 0.05) is 5.69 Å². The third-order valence-corrected chi connectivity index (χ3v) is 5.45. The van der Waals surface area contributed by atoms with E-state index in [2.05, 4.69) is 9.97 Å². The summed E-state index contributed by atoms with van der Waals surface area (Å²) in [6, 6.07) is 8.57. The molecule has 1 saturated heterocycles. The normalized spacial score (nSPS) is 24.0. The highest BCUT2D eigenvalue weighted by Crippen LogP contribution is 2.42. The number of halogens is 1. The number of carbonyl (C=O) groups is 1. The summed E-state index contributed by atoms with van der Waals surface area (Å²) in [5, 5.41) is 10.3. The molecule has 1 aliphatic carbocycles. The Morgan fingerprint density at radius 2 is 2.11 bits per heavy atom. The van der Waals surface area contributed by atoms with Gasteiger partial charge in [-0.3, -0.25) is 14.3 Å². The van der Waals surface area contributed by atoms with E-state index < -0.39 is 6.09 Å². The SMILES string of the molecule is O=C(O)N1C(c2ccc(-n3c(Cl)cc4c(=O)[nH]cnc43)cc2)COC2CC21. The van der Waals surface area contributed by atoms with Gasteiger partial charge in [0.1, 0.15) is 5.15 Å². The molecule has 2 aromatic heterocycles. The highest BCUT2D eigenvalue weighted by Gasteiger charge is 2.52. The van der Waals surface area contributed by atoms with E-state index in [0.29, 0.717) is 22.8 Å². The number of benzene rings is 1. The zero-order valence-corrected chi connectivity index (χ0v) is 14.8. The average Bonchev–Trinajstić information content (AvgIpc) is 3.36. The number of aromatic nitrogens is 3. The number of carboxylic acid groups (broad SMARTS) is 1. The molecular weight excluding hydrogens is 372 g/mol. The van der Waals surface area contributed by atoms with E-state index in [-0.39, 0.29) is 23.7 Å². The average molecular weight is 387 g/mol. The quantitative estimate of drug-likeness (QED) is 0.705. The third-order valence-electron chi connectivity index (χ3n) is 5.17. The Balaban J connectivity index is 1.53. The Morgan fingerprint density at radius 3 is 2.85 bits per heavy atom. The number of H-pyrrole nitrogens is 1. The number of hydrogen-bond donors (Lipinski definition) is 2. The molecule has 2 fully saturated rings. The lowest BCUT2D eigenvalue weighted by atomic mass is 10.0. The predicted octanol–water partition coefficient (Wildman–Crippen LogP) is 2.56. The fraction of sp³-hybridized carbons (Fsp3) is 0.278. The van der Waals surface area contributed by atoms with Gasteiger partial charge in [-0.15, -0.1) is 0 Å². The summed E-state index contributed by atoms with van der Waals surface area (Å²) in [6.45, 7) is 0.344. The lowest BCUT2D eigenvalue weighted by molar-refractivity contribution is -0.00565. The minimum absolute atomic E-state index is 0.0332. The van der Waals surface area contributed by atoms with Gasteiger partial charge in [0.05, 0.1) is 36.5 Å². The number of rotatable bonds is 2. The molecule has 1 amide bonds. The molecule has 1 saturated carbocycles. The van der Waals surface area contributed by atoms with Crippen molar-refractivity contribution >= 4 is 28.7 Å². The number of aromatic amines is 1. The third kappa shape index (κ3) is 2.52. The monoisotopic (exact) mass is 386 g/mol. The fourth-order valence-electron chi connectivity index (χ4n) is 3.77. The van der Waals surface area contributed by atoms with E-state index in [0.717, 1.165) is 17.7 Å². The van der Waals surface area contributed by atoms with E-state index in [9.17, 15) is 14.7 Å². The Bertz CT molecular complexity index is 1110. The van der Waals surface area contributed by atoms with Crippen LogP contribution in [0.15, 0.2) is 41.5 Å². The van der Waals surface area contributed by atoms with Crippen molar-refractivity contribution in [2.75, 3.05) is 6.61 Å². The van der Waals surface area contributed by atoms with Crippen LogP contribution in [0.4, 0.5) is 4.79 Å². The molecule has 3 heterocycles. The van der Waals surface area contributed by atoms with Crippen molar-refractivity contribution in [2.24, 2.45) is 0 Å². The summed E-state index contributed by atoms with van der Waals surface area (Å²) in [4.78, 5) is 31.8. The van der Waals surface area contributed by atoms with Crippen LogP contribution in [0.25, 0.3) is 16.7 Å². The van der Waals surface area contributed by atoms with Gasteiger partial charge in [0.25, 0.3) is 5.56 Å². The summed E-state index contributed by atoms with van der Waals surface area (Å²) in [7, 11) is 0. The summed E-state index contributed by atoms with van der Waals surface area (Å²) < 4.78 is 7.39. The number of nitrogens with one attached hydrogen (secondary N) is 1. The molecule has 8 nitrogen and oxygen atoms in total. The van der Waals surface area contributed by atoms with Gasteiger partial charge in [-0.05, 0) is 30.2 Å². The van der Waals surface area contributed by atoms with Gasteiger partial charge in [-0.1, -0.05) is 23.7 Å². The summed E-state index contributed by atoms with van der Waals surface area (Å²) in [5.74, 6) is 0. The van der Waals surface area contributed by atoms with Crippen molar-refractivity contribution in [1.82, 2.24) is 19.4 Å². The van der Waals surface area contributed by atoms with E-state index in [1.54, 1.807) is 10.6 Å². The topological polar surface area (TPSA) is 100 Å². The molecule has 0 radical (unpaired) electrons. The number of morpholine rings is 1. The van der Waals surface area contributed by atoms with E-state index >= 15 is 0 Å². The second-order valence-electron chi connectivity index (χ2n) is 6.74. The second-order valence-corrected chi connectivity index (χ2v) is 7.13. The summed E-state index contributed by atoms with van der Waals surface area (Å²) in [5.41, 5.74) is 1.79. The maximum Gasteiger partial charge on any atom is 0.408 e. The Kier molecular flexibility index (Phi) is 3.53. The van der Waals surface area contributed by atoms with Gasteiger partial charge in [0.2, 0.25) is 0 Å². The van der Waals surface area contributed by atoms with Crippen molar-refractivity contribution < 1.29 is 14.6 Å². The first-order valence-electron chi connectivity index (χ1n) is 8.52. The van der Waals surface area contributed by atoms with Crippen LogP contribution in [0, 0.1) is 0 Å². The molecule has 138 valence electrons. The highest BCUT2D eigenvalue weighted by atomic mass is 35.5. The highest BCUT2D eigenvalue weighted by molar-refractivity contribution is 6.31. The van der Waals surface area contributed by atoms with Crippen LogP contribution in [-0.2, 0) is 4.74 Å². The van der Waals surface area contributed by atoms with Crippen molar-refractivity contribution in [3.63, 3.8) is 0 Å². The number of nitrogens with zero attached hydrogens (tertiary/aromatic N) is 3.